The topological polar surface area (TPSA) is 220 Å². The van der Waals surface area contributed by atoms with E-state index in [2.05, 4.69) is 16.0 Å². The van der Waals surface area contributed by atoms with E-state index in [9.17, 15) is 29.1 Å². The summed E-state index contributed by atoms with van der Waals surface area (Å²) in [6, 6.07) is 4.40. The predicted octanol–water partition coefficient (Wildman–Crippen LogP) is -0.854. The average molecular weight is 521 g/mol. The molecule has 1 rings (SSSR count). The summed E-state index contributed by atoms with van der Waals surface area (Å²) < 4.78 is 0. The largest absolute Gasteiger partial charge is 0.480 e. The van der Waals surface area contributed by atoms with E-state index in [1.807, 2.05) is 19.9 Å². The summed E-state index contributed by atoms with van der Waals surface area (Å²) in [6.07, 6.45) is 1.11. The van der Waals surface area contributed by atoms with Gasteiger partial charge in [-0.05, 0) is 50.1 Å². The van der Waals surface area contributed by atoms with Crippen molar-refractivity contribution >= 4 is 29.6 Å². The van der Waals surface area contributed by atoms with Crippen LogP contribution in [0, 0.1) is 5.92 Å². The molecule has 0 aliphatic rings. The quantitative estimate of drug-likeness (QED) is 0.128. The molecule has 1 aromatic carbocycles. The maximum Gasteiger partial charge on any atom is 0.326 e. The Morgan fingerprint density at radius 2 is 1.43 bits per heavy atom. The number of carboxylic acids is 1. The molecule has 206 valence electrons. The minimum atomic E-state index is -1.37. The molecule has 37 heavy (non-hydrogen) atoms. The monoisotopic (exact) mass is 520 g/mol. The van der Waals surface area contributed by atoms with Crippen LogP contribution in [0.5, 0.6) is 0 Å². The first kappa shape index (κ1) is 31.5. The maximum absolute atomic E-state index is 13.0. The molecule has 4 unspecified atom stereocenters. The summed E-state index contributed by atoms with van der Waals surface area (Å²) in [5.41, 5.74) is 17.6. The van der Waals surface area contributed by atoms with E-state index in [1.165, 1.54) is 0 Å². The molecule has 0 saturated heterocycles. The minimum absolute atomic E-state index is 0.00179. The molecule has 1 aromatic rings. The summed E-state index contributed by atoms with van der Waals surface area (Å²) >= 11 is 0. The van der Waals surface area contributed by atoms with Crippen LogP contribution in [-0.2, 0) is 30.4 Å². The molecule has 0 fully saturated rings. The van der Waals surface area contributed by atoms with Crippen molar-refractivity contribution in [3.05, 3.63) is 35.9 Å². The fourth-order valence-electron chi connectivity index (χ4n) is 3.65. The van der Waals surface area contributed by atoms with E-state index in [0.29, 0.717) is 19.4 Å². The first-order valence-corrected chi connectivity index (χ1v) is 12.4. The Morgan fingerprint density at radius 1 is 0.865 bits per heavy atom. The van der Waals surface area contributed by atoms with Gasteiger partial charge in [0.05, 0.1) is 12.5 Å². The average Bonchev–Trinajstić information content (AvgIpc) is 2.82. The van der Waals surface area contributed by atoms with Gasteiger partial charge < -0.3 is 38.3 Å². The van der Waals surface area contributed by atoms with E-state index in [4.69, 9.17) is 17.2 Å². The van der Waals surface area contributed by atoms with Crippen LogP contribution >= 0.6 is 0 Å². The van der Waals surface area contributed by atoms with Gasteiger partial charge in [-0.3, -0.25) is 19.2 Å². The second-order valence-corrected chi connectivity index (χ2v) is 9.40. The van der Waals surface area contributed by atoms with Gasteiger partial charge in [-0.15, -0.1) is 0 Å². The third kappa shape index (κ3) is 12.3. The Kier molecular flexibility index (Phi) is 13.9. The highest BCUT2D eigenvalue weighted by Crippen LogP contribution is 2.08. The Morgan fingerprint density at radius 3 is 1.97 bits per heavy atom. The van der Waals surface area contributed by atoms with Crippen LogP contribution in [0.3, 0.4) is 0 Å². The van der Waals surface area contributed by atoms with Gasteiger partial charge in [0.1, 0.15) is 18.1 Å². The molecular weight excluding hydrogens is 480 g/mol. The minimum Gasteiger partial charge on any atom is -0.480 e. The highest BCUT2D eigenvalue weighted by atomic mass is 16.4. The van der Waals surface area contributed by atoms with Gasteiger partial charge in [0, 0.05) is 0 Å². The third-order valence-corrected chi connectivity index (χ3v) is 5.58. The number of primary amides is 1. The number of carboxylic acid groups (broad SMARTS) is 1. The number of hydrogen-bond acceptors (Lipinski definition) is 7. The van der Waals surface area contributed by atoms with Crippen LogP contribution in [-0.4, -0.2) is 65.4 Å². The van der Waals surface area contributed by atoms with Crippen molar-refractivity contribution < 1.29 is 29.1 Å². The molecule has 0 radical (unpaired) electrons. The van der Waals surface area contributed by atoms with Crippen molar-refractivity contribution in [3.63, 3.8) is 0 Å². The maximum atomic E-state index is 13.0. The van der Waals surface area contributed by atoms with Crippen molar-refractivity contribution in [3.8, 4) is 0 Å². The number of unbranched alkanes of at least 4 members (excludes halogenated alkanes) is 1. The van der Waals surface area contributed by atoms with Crippen LogP contribution < -0.4 is 33.2 Å². The van der Waals surface area contributed by atoms with Gasteiger partial charge in [0.25, 0.3) is 0 Å². The lowest BCUT2D eigenvalue weighted by Gasteiger charge is -2.25. The molecule has 4 atom stereocenters. The van der Waals surface area contributed by atoms with Gasteiger partial charge in [0.2, 0.25) is 23.6 Å². The van der Waals surface area contributed by atoms with E-state index in [-0.39, 0.29) is 25.2 Å². The normalized spacial score (nSPS) is 14.2. The lowest BCUT2D eigenvalue weighted by Crippen LogP contribution is -2.58. The standard InChI is InChI=1S/C25H40N6O6/c1-15(2)12-20(25(36)37)31-23(34)18(10-6-7-11-26)29-24(35)19(14-21(28)32)30-22(33)17(27)13-16-8-4-3-5-9-16/h3-5,8-9,15,17-20H,6-7,10-14,26-27H2,1-2H3,(H2,28,32)(H,29,35)(H,30,33)(H,31,34)(H,36,37). The highest BCUT2D eigenvalue weighted by molar-refractivity contribution is 5.96. The lowest BCUT2D eigenvalue weighted by molar-refractivity contribution is -0.143. The molecule has 0 spiro atoms. The van der Waals surface area contributed by atoms with Crippen LogP contribution in [0.2, 0.25) is 0 Å². The van der Waals surface area contributed by atoms with Gasteiger partial charge in [-0.2, -0.15) is 0 Å². The third-order valence-electron chi connectivity index (χ3n) is 5.58. The first-order valence-electron chi connectivity index (χ1n) is 12.4. The summed E-state index contributed by atoms with van der Waals surface area (Å²) in [6.45, 7) is 4.01. The molecular formula is C25H40N6O6. The number of hydrogen-bond donors (Lipinski definition) is 7. The number of carbonyl (C=O) groups excluding carboxylic acids is 4. The predicted molar refractivity (Wildman–Crippen MR) is 138 cm³/mol. The fraction of sp³-hybridized carbons (Fsp3) is 0.560. The van der Waals surface area contributed by atoms with Gasteiger partial charge in [-0.1, -0.05) is 44.2 Å². The summed E-state index contributed by atoms with van der Waals surface area (Å²) in [4.78, 5) is 61.8. The van der Waals surface area contributed by atoms with Crippen molar-refractivity contribution in [2.45, 2.75) is 76.5 Å². The highest BCUT2D eigenvalue weighted by Gasteiger charge is 2.31. The number of carbonyl (C=O) groups is 5. The van der Waals surface area contributed by atoms with Crippen LogP contribution in [0.25, 0.3) is 0 Å². The second-order valence-electron chi connectivity index (χ2n) is 9.40. The molecule has 12 heteroatoms. The smallest absolute Gasteiger partial charge is 0.326 e. The van der Waals surface area contributed by atoms with Crippen molar-refractivity contribution in [2.24, 2.45) is 23.1 Å². The Labute approximate surface area is 217 Å². The summed E-state index contributed by atoms with van der Waals surface area (Å²) in [5, 5.41) is 16.9. The summed E-state index contributed by atoms with van der Waals surface area (Å²) in [5.74, 6) is -4.21. The van der Waals surface area contributed by atoms with Crippen LogP contribution in [0.15, 0.2) is 30.3 Å². The van der Waals surface area contributed by atoms with Gasteiger partial charge in [-0.25, -0.2) is 4.79 Å². The molecule has 0 bridgehead atoms. The number of nitrogens with one attached hydrogen (secondary N) is 3. The Bertz CT molecular complexity index is 910. The zero-order valence-corrected chi connectivity index (χ0v) is 21.4. The molecule has 0 heterocycles. The second kappa shape index (κ2) is 16.3. The number of amides is 4. The number of nitrogens with two attached hydrogens (primary N) is 3. The Balaban J connectivity index is 2.97. The van der Waals surface area contributed by atoms with Crippen LogP contribution in [0.1, 0.15) is 51.5 Å². The Hall–Kier alpha value is -3.51. The zero-order chi connectivity index (χ0) is 28.0. The molecule has 0 aliphatic carbocycles. The number of aliphatic carboxylic acids is 1. The fourth-order valence-corrected chi connectivity index (χ4v) is 3.65. The molecule has 4 amide bonds. The molecule has 0 aromatic heterocycles. The SMILES string of the molecule is CC(C)CC(NC(=O)C(CCCCN)NC(=O)C(CC(N)=O)NC(=O)C(N)Cc1ccccc1)C(=O)O. The van der Waals surface area contributed by atoms with Crippen molar-refractivity contribution in [2.75, 3.05) is 6.54 Å². The van der Waals surface area contributed by atoms with Crippen molar-refractivity contribution in [1.82, 2.24) is 16.0 Å². The van der Waals surface area contributed by atoms with E-state index < -0.39 is 60.2 Å². The van der Waals surface area contributed by atoms with E-state index in [1.54, 1.807) is 24.3 Å². The molecule has 12 nitrogen and oxygen atoms in total. The number of benzene rings is 1. The molecule has 0 aliphatic heterocycles. The lowest BCUT2D eigenvalue weighted by atomic mass is 10.0. The molecule has 0 saturated carbocycles. The zero-order valence-electron chi connectivity index (χ0n) is 21.4. The van der Waals surface area contributed by atoms with E-state index in [0.717, 1.165) is 5.56 Å². The number of rotatable bonds is 17. The first-order chi connectivity index (χ1) is 17.4. The van der Waals surface area contributed by atoms with Crippen LogP contribution in [0.4, 0.5) is 0 Å². The molecule has 10 N–H and O–H groups in total. The van der Waals surface area contributed by atoms with Crippen molar-refractivity contribution in [1.29, 1.82) is 0 Å². The van der Waals surface area contributed by atoms with E-state index >= 15 is 0 Å². The van der Waals surface area contributed by atoms with Gasteiger partial charge >= 0.3 is 5.97 Å². The van der Waals surface area contributed by atoms with Gasteiger partial charge in [0.15, 0.2) is 0 Å². The summed E-state index contributed by atoms with van der Waals surface area (Å²) in [7, 11) is 0.